The number of rotatable bonds is 1. The fourth-order valence-corrected chi connectivity index (χ4v) is 0.921. The number of phenolic OH excluding ortho intramolecular Hbond substituents is 1. The maximum absolute atomic E-state index is 13.0. The standard InChI is InChI=1S/C9H6FNO2/c1-5(12)7-3-9(13)6(4-11)2-8(7)10/h2-3,13H,1H3. The molecule has 0 spiro atoms. The Morgan fingerprint density at radius 2 is 2.23 bits per heavy atom. The van der Waals surface area contributed by atoms with Crippen LogP contribution in [0.15, 0.2) is 12.1 Å². The number of nitriles is 1. The van der Waals surface area contributed by atoms with E-state index in [-0.39, 0.29) is 16.9 Å². The Morgan fingerprint density at radius 3 is 2.69 bits per heavy atom. The van der Waals surface area contributed by atoms with Crippen LogP contribution in [-0.4, -0.2) is 10.9 Å². The lowest BCUT2D eigenvalue weighted by Gasteiger charge is -2.00. The summed E-state index contributed by atoms with van der Waals surface area (Å²) in [6.07, 6.45) is 0. The van der Waals surface area contributed by atoms with Gasteiger partial charge in [-0.1, -0.05) is 0 Å². The largest absolute Gasteiger partial charge is 0.507 e. The van der Waals surface area contributed by atoms with Crippen molar-refractivity contribution in [1.29, 1.82) is 5.26 Å². The molecule has 0 radical (unpaired) electrons. The van der Waals surface area contributed by atoms with Crippen molar-refractivity contribution < 1.29 is 14.3 Å². The Kier molecular flexibility index (Phi) is 2.29. The summed E-state index contributed by atoms with van der Waals surface area (Å²) in [5, 5.41) is 17.5. The second-order valence-electron chi connectivity index (χ2n) is 2.52. The van der Waals surface area contributed by atoms with Gasteiger partial charge in [0.05, 0.1) is 11.1 Å². The smallest absolute Gasteiger partial charge is 0.162 e. The fourth-order valence-electron chi connectivity index (χ4n) is 0.921. The number of phenols is 1. The van der Waals surface area contributed by atoms with Crippen LogP contribution in [0.25, 0.3) is 0 Å². The molecular weight excluding hydrogens is 173 g/mol. The summed E-state index contributed by atoms with van der Waals surface area (Å²) < 4.78 is 13.0. The lowest BCUT2D eigenvalue weighted by Crippen LogP contribution is -1.97. The van der Waals surface area contributed by atoms with Gasteiger partial charge in [0.25, 0.3) is 0 Å². The SMILES string of the molecule is CC(=O)c1cc(O)c(C#N)cc1F. The van der Waals surface area contributed by atoms with Gasteiger partial charge in [-0.2, -0.15) is 5.26 Å². The highest BCUT2D eigenvalue weighted by Crippen LogP contribution is 2.21. The molecule has 0 saturated heterocycles. The van der Waals surface area contributed by atoms with Crippen molar-refractivity contribution >= 4 is 5.78 Å². The zero-order chi connectivity index (χ0) is 10.0. The van der Waals surface area contributed by atoms with E-state index in [0.717, 1.165) is 12.1 Å². The molecular formula is C9H6FNO2. The summed E-state index contributed by atoms with van der Waals surface area (Å²) in [6, 6.07) is 3.39. The zero-order valence-corrected chi connectivity index (χ0v) is 6.84. The van der Waals surface area contributed by atoms with Crippen LogP contribution in [0.5, 0.6) is 5.75 Å². The minimum atomic E-state index is -0.790. The zero-order valence-electron chi connectivity index (χ0n) is 6.84. The molecule has 0 fully saturated rings. The van der Waals surface area contributed by atoms with Crippen LogP contribution in [0.4, 0.5) is 4.39 Å². The van der Waals surface area contributed by atoms with Crippen LogP contribution in [0.3, 0.4) is 0 Å². The minimum absolute atomic E-state index is 0.178. The van der Waals surface area contributed by atoms with Crippen molar-refractivity contribution in [2.45, 2.75) is 6.92 Å². The number of carbonyl (C=O) groups is 1. The fraction of sp³-hybridized carbons (Fsp3) is 0.111. The molecule has 0 amide bonds. The Labute approximate surface area is 74.0 Å². The van der Waals surface area contributed by atoms with E-state index >= 15 is 0 Å². The molecule has 1 rings (SSSR count). The topological polar surface area (TPSA) is 61.1 Å². The number of aromatic hydroxyl groups is 1. The third kappa shape index (κ3) is 1.64. The summed E-state index contributed by atoms with van der Waals surface area (Å²) in [6.45, 7) is 1.18. The molecule has 0 bridgehead atoms. The Balaban J connectivity index is 3.39. The lowest BCUT2D eigenvalue weighted by atomic mass is 10.1. The molecule has 0 aliphatic heterocycles. The van der Waals surface area contributed by atoms with Crippen molar-refractivity contribution in [2.75, 3.05) is 0 Å². The second-order valence-corrected chi connectivity index (χ2v) is 2.52. The van der Waals surface area contributed by atoms with Gasteiger partial charge in [0.1, 0.15) is 17.6 Å². The first-order chi connectivity index (χ1) is 6.06. The third-order valence-electron chi connectivity index (χ3n) is 1.59. The van der Waals surface area contributed by atoms with E-state index in [1.807, 2.05) is 0 Å². The highest BCUT2D eigenvalue weighted by molar-refractivity contribution is 5.94. The van der Waals surface area contributed by atoms with Gasteiger partial charge in [0.2, 0.25) is 0 Å². The predicted octanol–water partition coefficient (Wildman–Crippen LogP) is 1.61. The number of benzene rings is 1. The molecule has 3 nitrogen and oxygen atoms in total. The molecule has 4 heteroatoms. The molecule has 0 heterocycles. The van der Waals surface area contributed by atoms with Crippen molar-refractivity contribution in [2.24, 2.45) is 0 Å². The first-order valence-corrected chi connectivity index (χ1v) is 3.50. The number of hydrogen-bond acceptors (Lipinski definition) is 3. The quantitative estimate of drug-likeness (QED) is 0.666. The van der Waals surface area contributed by atoms with Gasteiger partial charge in [-0.25, -0.2) is 4.39 Å². The molecule has 0 atom stereocenters. The molecule has 0 aromatic heterocycles. The van der Waals surface area contributed by atoms with Gasteiger partial charge in [-0.15, -0.1) is 0 Å². The van der Waals surface area contributed by atoms with Crippen LogP contribution in [-0.2, 0) is 0 Å². The van der Waals surface area contributed by atoms with E-state index in [2.05, 4.69) is 0 Å². The molecule has 66 valence electrons. The van der Waals surface area contributed by atoms with Crippen molar-refractivity contribution in [3.05, 3.63) is 29.1 Å². The average molecular weight is 179 g/mol. The van der Waals surface area contributed by atoms with Crippen molar-refractivity contribution in [3.63, 3.8) is 0 Å². The van der Waals surface area contributed by atoms with Crippen molar-refractivity contribution in [3.8, 4) is 11.8 Å². The van der Waals surface area contributed by atoms with Gasteiger partial charge >= 0.3 is 0 Å². The molecule has 1 aromatic rings. The predicted molar refractivity (Wildman–Crippen MR) is 42.8 cm³/mol. The van der Waals surface area contributed by atoms with Crippen LogP contribution < -0.4 is 0 Å². The minimum Gasteiger partial charge on any atom is -0.507 e. The number of carbonyl (C=O) groups excluding carboxylic acids is 1. The van der Waals surface area contributed by atoms with E-state index in [1.54, 1.807) is 6.07 Å². The van der Waals surface area contributed by atoms with E-state index in [4.69, 9.17) is 10.4 Å². The van der Waals surface area contributed by atoms with Gasteiger partial charge in [0.15, 0.2) is 5.78 Å². The van der Waals surface area contributed by atoms with Crippen LogP contribution in [0, 0.1) is 17.1 Å². The second kappa shape index (κ2) is 3.23. The van der Waals surface area contributed by atoms with Gasteiger partial charge < -0.3 is 5.11 Å². The first-order valence-electron chi connectivity index (χ1n) is 3.50. The summed E-state index contributed by atoms with van der Waals surface area (Å²) in [5.41, 5.74) is -0.390. The Bertz CT molecular complexity index is 407. The molecule has 1 N–H and O–H groups in total. The lowest BCUT2D eigenvalue weighted by molar-refractivity contribution is 0.101. The van der Waals surface area contributed by atoms with Gasteiger partial charge in [0, 0.05) is 0 Å². The van der Waals surface area contributed by atoms with Crippen LogP contribution in [0.1, 0.15) is 22.8 Å². The van der Waals surface area contributed by atoms with Gasteiger partial charge in [-0.3, -0.25) is 4.79 Å². The number of nitrogens with zero attached hydrogens (tertiary/aromatic N) is 1. The van der Waals surface area contributed by atoms with Crippen LogP contribution >= 0.6 is 0 Å². The number of Topliss-reactive ketones (excluding diaryl/α,β-unsaturated/α-hetero) is 1. The van der Waals surface area contributed by atoms with Crippen LogP contribution in [0.2, 0.25) is 0 Å². The Hall–Kier alpha value is -1.89. The van der Waals surface area contributed by atoms with E-state index < -0.39 is 11.6 Å². The number of ketones is 1. The molecule has 1 aromatic carbocycles. The van der Waals surface area contributed by atoms with E-state index in [9.17, 15) is 9.18 Å². The normalized spacial score (nSPS) is 9.31. The first kappa shape index (κ1) is 9.20. The summed E-state index contributed by atoms with van der Waals surface area (Å²) >= 11 is 0. The average Bonchev–Trinajstić information content (AvgIpc) is 2.07. The molecule has 13 heavy (non-hydrogen) atoms. The Morgan fingerprint density at radius 1 is 1.62 bits per heavy atom. The van der Waals surface area contributed by atoms with E-state index in [0.29, 0.717) is 0 Å². The summed E-state index contributed by atoms with van der Waals surface area (Å²) in [7, 11) is 0. The summed E-state index contributed by atoms with van der Waals surface area (Å²) in [5.74, 6) is -1.66. The summed E-state index contributed by atoms with van der Waals surface area (Å²) in [4.78, 5) is 10.8. The number of halogens is 1. The molecule has 0 aliphatic carbocycles. The van der Waals surface area contributed by atoms with E-state index in [1.165, 1.54) is 6.92 Å². The maximum atomic E-state index is 13.0. The van der Waals surface area contributed by atoms with Gasteiger partial charge in [-0.05, 0) is 19.1 Å². The molecule has 0 saturated carbocycles. The maximum Gasteiger partial charge on any atom is 0.162 e. The monoisotopic (exact) mass is 179 g/mol. The highest BCUT2D eigenvalue weighted by atomic mass is 19.1. The van der Waals surface area contributed by atoms with Crippen molar-refractivity contribution in [1.82, 2.24) is 0 Å². The highest BCUT2D eigenvalue weighted by Gasteiger charge is 2.11. The molecule has 0 aliphatic rings. The third-order valence-corrected chi connectivity index (χ3v) is 1.59. The molecule has 0 unspecified atom stereocenters. The number of hydrogen-bond donors (Lipinski definition) is 1.